The summed E-state index contributed by atoms with van der Waals surface area (Å²) in [7, 11) is -1.66. The van der Waals surface area contributed by atoms with Gasteiger partial charge in [-0.1, -0.05) is 5.16 Å². The van der Waals surface area contributed by atoms with Crippen molar-refractivity contribution in [1.82, 2.24) is 19.7 Å². The van der Waals surface area contributed by atoms with E-state index in [4.69, 9.17) is 14.0 Å². The van der Waals surface area contributed by atoms with Crippen molar-refractivity contribution in [2.24, 2.45) is 4.99 Å². The molecule has 1 N–H and O–H groups in total. The summed E-state index contributed by atoms with van der Waals surface area (Å²) in [6, 6.07) is 1.57. The van der Waals surface area contributed by atoms with Crippen LogP contribution in [0.15, 0.2) is 21.8 Å². The first-order chi connectivity index (χ1) is 14.1. The number of halogens is 1. The minimum absolute atomic E-state index is 0. The topological polar surface area (TPSA) is 110 Å². The van der Waals surface area contributed by atoms with Crippen LogP contribution in [-0.4, -0.2) is 94.4 Å². The first kappa shape index (κ1) is 25.3. The molecule has 30 heavy (non-hydrogen) atoms. The monoisotopic (exact) mass is 557 g/mol. The van der Waals surface area contributed by atoms with Crippen LogP contribution in [0.1, 0.15) is 25.0 Å². The standard InChI is InChI=1S/C18H31N5O5S.HI/c1-19-18(20-6-3-11-26-14-17-4-2-12-27-17)22-7-9-23(10-8-22)29(24,25)15-16-5-13-28-21-16;/h5,13,17H,2-4,6-12,14-15H2,1H3,(H,19,20);1H. The molecule has 1 atom stereocenters. The van der Waals surface area contributed by atoms with E-state index in [0.717, 1.165) is 38.4 Å². The Hall–Kier alpha value is -0.960. The van der Waals surface area contributed by atoms with Crippen LogP contribution in [0.25, 0.3) is 0 Å². The van der Waals surface area contributed by atoms with Gasteiger partial charge in [0.05, 0.1) is 18.4 Å². The number of hydrogen-bond donors (Lipinski definition) is 1. The maximum absolute atomic E-state index is 12.5. The van der Waals surface area contributed by atoms with E-state index in [1.807, 2.05) is 0 Å². The second-order valence-electron chi connectivity index (χ2n) is 7.17. The number of piperazine rings is 1. The lowest BCUT2D eigenvalue weighted by Crippen LogP contribution is -2.54. The van der Waals surface area contributed by atoms with Gasteiger partial charge < -0.3 is 24.2 Å². The van der Waals surface area contributed by atoms with Gasteiger partial charge in [0.15, 0.2) is 5.96 Å². The van der Waals surface area contributed by atoms with Gasteiger partial charge in [-0.2, -0.15) is 4.31 Å². The third-order valence-electron chi connectivity index (χ3n) is 5.04. The normalized spacial score (nSPS) is 20.9. The Morgan fingerprint density at radius 1 is 1.37 bits per heavy atom. The number of nitrogens with zero attached hydrogens (tertiary/aromatic N) is 4. The summed E-state index contributed by atoms with van der Waals surface area (Å²) < 4.78 is 42.5. The highest BCUT2D eigenvalue weighted by molar-refractivity contribution is 14.0. The molecule has 2 aliphatic heterocycles. The van der Waals surface area contributed by atoms with Crippen LogP contribution in [0.4, 0.5) is 0 Å². The molecule has 0 amide bonds. The molecule has 0 aliphatic carbocycles. The first-order valence-corrected chi connectivity index (χ1v) is 11.7. The van der Waals surface area contributed by atoms with E-state index in [2.05, 4.69) is 20.4 Å². The minimum Gasteiger partial charge on any atom is -0.379 e. The van der Waals surface area contributed by atoms with Gasteiger partial charge in [-0.3, -0.25) is 4.99 Å². The van der Waals surface area contributed by atoms with E-state index in [9.17, 15) is 8.42 Å². The van der Waals surface area contributed by atoms with Gasteiger partial charge in [0.25, 0.3) is 0 Å². The highest BCUT2D eigenvalue weighted by Crippen LogP contribution is 2.13. The average Bonchev–Trinajstić information content (AvgIpc) is 3.41. The van der Waals surface area contributed by atoms with Crippen molar-refractivity contribution in [2.75, 3.05) is 59.6 Å². The zero-order valence-electron chi connectivity index (χ0n) is 17.4. The molecule has 0 saturated carbocycles. The van der Waals surface area contributed by atoms with Crippen molar-refractivity contribution in [3.63, 3.8) is 0 Å². The van der Waals surface area contributed by atoms with Crippen LogP contribution in [0.2, 0.25) is 0 Å². The third kappa shape index (κ3) is 7.62. The van der Waals surface area contributed by atoms with Crippen LogP contribution in [0.3, 0.4) is 0 Å². The quantitative estimate of drug-likeness (QED) is 0.207. The fourth-order valence-electron chi connectivity index (χ4n) is 3.47. The maximum Gasteiger partial charge on any atom is 0.220 e. The van der Waals surface area contributed by atoms with E-state index < -0.39 is 10.0 Å². The molecule has 3 rings (SSSR count). The summed E-state index contributed by atoms with van der Waals surface area (Å²) in [4.78, 5) is 6.40. The summed E-state index contributed by atoms with van der Waals surface area (Å²) in [5.74, 6) is 0.653. The van der Waals surface area contributed by atoms with Crippen LogP contribution < -0.4 is 5.32 Å². The van der Waals surface area contributed by atoms with Gasteiger partial charge in [-0.15, -0.1) is 24.0 Å². The smallest absolute Gasteiger partial charge is 0.220 e. The largest absolute Gasteiger partial charge is 0.379 e. The summed E-state index contributed by atoms with van der Waals surface area (Å²) in [5, 5.41) is 7.02. The van der Waals surface area contributed by atoms with Gasteiger partial charge in [0.1, 0.15) is 12.0 Å². The number of guanidine groups is 1. The van der Waals surface area contributed by atoms with Crippen LogP contribution in [0, 0.1) is 0 Å². The first-order valence-electron chi connectivity index (χ1n) is 10.1. The Morgan fingerprint density at radius 3 is 2.80 bits per heavy atom. The van der Waals surface area contributed by atoms with E-state index >= 15 is 0 Å². The van der Waals surface area contributed by atoms with Gasteiger partial charge in [-0.25, -0.2) is 8.42 Å². The molecule has 2 fully saturated rings. The Morgan fingerprint density at radius 2 is 2.17 bits per heavy atom. The maximum atomic E-state index is 12.5. The SMILES string of the molecule is CN=C(NCCCOCC1CCCO1)N1CCN(S(=O)(=O)Cc2ccon2)CC1.I. The Kier molecular flexibility index (Phi) is 10.8. The van der Waals surface area contributed by atoms with Crippen LogP contribution in [-0.2, 0) is 25.2 Å². The summed E-state index contributed by atoms with van der Waals surface area (Å²) in [6.45, 7) is 4.97. The minimum atomic E-state index is -3.40. The van der Waals surface area contributed by atoms with Gasteiger partial charge in [-0.05, 0) is 19.3 Å². The molecule has 0 aromatic carbocycles. The van der Waals surface area contributed by atoms with Crippen LogP contribution in [0.5, 0.6) is 0 Å². The Balaban J connectivity index is 0.00000320. The fourth-order valence-corrected chi connectivity index (χ4v) is 4.89. The molecule has 0 bridgehead atoms. The molecule has 0 spiro atoms. The lowest BCUT2D eigenvalue weighted by Gasteiger charge is -2.35. The molecule has 0 radical (unpaired) electrons. The number of nitrogens with one attached hydrogen (secondary N) is 1. The number of aromatic nitrogens is 1. The molecule has 172 valence electrons. The number of hydrogen-bond acceptors (Lipinski definition) is 7. The molecule has 1 aromatic rings. The number of rotatable bonds is 9. The number of ether oxygens (including phenoxy) is 2. The lowest BCUT2D eigenvalue weighted by atomic mass is 10.2. The fraction of sp³-hybridized carbons (Fsp3) is 0.778. The van der Waals surface area contributed by atoms with Gasteiger partial charge >= 0.3 is 0 Å². The molecule has 10 nitrogen and oxygen atoms in total. The molecule has 2 aliphatic rings. The Bertz CT molecular complexity index is 732. The second-order valence-corrected chi connectivity index (χ2v) is 9.14. The van der Waals surface area contributed by atoms with E-state index in [1.54, 1.807) is 13.1 Å². The molecular weight excluding hydrogens is 525 g/mol. The number of sulfonamides is 1. The van der Waals surface area contributed by atoms with Crippen LogP contribution >= 0.6 is 24.0 Å². The highest BCUT2D eigenvalue weighted by Gasteiger charge is 2.28. The van der Waals surface area contributed by atoms with Gasteiger partial charge in [0.2, 0.25) is 10.0 Å². The number of aliphatic imine (C=N–C) groups is 1. The molecule has 3 heterocycles. The average molecular weight is 557 g/mol. The summed E-state index contributed by atoms with van der Waals surface area (Å²) >= 11 is 0. The third-order valence-corrected chi connectivity index (χ3v) is 6.85. The van der Waals surface area contributed by atoms with Gasteiger partial charge in [0, 0.05) is 59.1 Å². The highest BCUT2D eigenvalue weighted by atomic mass is 127. The van der Waals surface area contributed by atoms with E-state index in [0.29, 0.717) is 45.1 Å². The van der Waals surface area contributed by atoms with Crippen molar-refractivity contribution >= 4 is 40.0 Å². The van der Waals surface area contributed by atoms with E-state index in [1.165, 1.54) is 10.6 Å². The zero-order chi connectivity index (χ0) is 20.5. The molecular formula is C18H32IN5O5S. The van der Waals surface area contributed by atoms with Crippen molar-refractivity contribution in [3.05, 3.63) is 18.0 Å². The predicted octanol–water partition coefficient (Wildman–Crippen LogP) is 0.901. The summed E-state index contributed by atoms with van der Waals surface area (Å²) in [5.41, 5.74) is 0.423. The predicted molar refractivity (Wildman–Crippen MR) is 123 cm³/mol. The second kappa shape index (κ2) is 12.8. The van der Waals surface area contributed by atoms with Crippen molar-refractivity contribution < 1.29 is 22.4 Å². The molecule has 1 unspecified atom stereocenters. The Labute approximate surface area is 195 Å². The zero-order valence-corrected chi connectivity index (χ0v) is 20.5. The van der Waals surface area contributed by atoms with Crippen molar-refractivity contribution in [1.29, 1.82) is 0 Å². The van der Waals surface area contributed by atoms with E-state index in [-0.39, 0.29) is 35.8 Å². The molecule has 12 heteroatoms. The van der Waals surface area contributed by atoms with Crippen molar-refractivity contribution in [3.8, 4) is 0 Å². The lowest BCUT2D eigenvalue weighted by molar-refractivity contribution is 0.0168. The summed E-state index contributed by atoms with van der Waals surface area (Å²) in [6.07, 6.45) is 4.72. The molecule has 1 aromatic heterocycles. The van der Waals surface area contributed by atoms with Crippen molar-refractivity contribution in [2.45, 2.75) is 31.1 Å². The molecule has 2 saturated heterocycles.